The highest BCUT2D eigenvalue weighted by molar-refractivity contribution is 5.93. The van der Waals surface area contributed by atoms with Crippen molar-refractivity contribution in [2.45, 2.75) is 6.42 Å². The van der Waals surface area contributed by atoms with E-state index in [2.05, 4.69) is 17.9 Å². The van der Waals surface area contributed by atoms with E-state index in [9.17, 15) is 9.59 Å². The lowest BCUT2D eigenvalue weighted by Crippen LogP contribution is -2.14. The van der Waals surface area contributed by atoms with E-state index in [1.807, 2.05) is 0 Å². The Labute approximate surface area is 99.5 Å². The van der Waals surface area contributed by atoms with Crippen LogP contribution in [0, 0.1) is 0 Å². The summed E-state index contributed by atoms with van der Waals surface area (Å²) in [7, 11) is 0. The topological polar surface area (TPSA) is 82.1 Å². The summed E-state index contributed by atoms with van der Waals surface area (Å²) in [6, 6.07) is 0. The second-order valence-electron chi connectivity index (χ2n) is 2.91. The van der Waals surface area contributed by atoms with Crippen LogP contribution in [0.1, 0.15) is 6.42 Å². The molecule has 0 aromatic rings. The van der Waals surface area contributed by atoms with Crippen LogP contribution < -0.4 is 0 Å². The van der Waals surface area contributed by atoms with Crippen molar-refractivity contribution in [2.75, 3.05) is 26.4 Å². The molecule has 0 aliphatic carbocycles. The van der Waals surface area contributed by atoms with Gasteiger partial charge in [0.05, 0.1) is 32.5 Å². The van der Waals surface area contributed by atoms with Crippen molar-refractivity contribution in [3.05, 3.63) is 25.0 Å². The van der Waals surface area contributed by atoms with E-state index in [0.29, 0.717) is 0 Å². The molecule has 0 aromatic carbocycles. The Morgan fingerprint density at radius 3 is 2.53 bits per heavy atom. The van der Waals surface area contributed by atoms with Gasteiger partial charge in [-0.3, -0.25) is 4.79 Å². The molecule has 0 unspecified atom stereocenters. The number of hydrogen-bond donors (Lipinski definition) is 1. The lowest BCUT2D eigenvalue weighted by Gasteiger charge is -2.06. The second-order valence-corrected chi connectivity index (χ2v) is 2.91. The first-order chi connectivity index (χ1) is 8.11. The van der Waals surface area contributed by atoms with E-state index >= 15 is 0 Å². The monoisotopic (exact) mass is 244 g/mol. The third-order valence-electron chi connectivity index (χ3n) is 1.56. The Morgan fingerprint density at radius 2 is 1.94 bits per heavy atom. The average Bonchev–Trinajstić information content (AvgIpc) is 2.29. The maximum Gasteiger partial charge on any atom is 0.338 e. The molecule has 0 aliphatic heterocycles. The molecule has 0 amide bonds. The van der Waals surface area contributed by atoms with Crippen LogP contribution in [0.15, 0.2) is 25.0 Å². The molecule has 17 heavy (non-hydrogen) atoms. The predicted octanol–water partition coefficient (Wildman–Crippen LogP) is 0.171. The Morgan fingerprint density at radius 1 is 1.24 bits per heavy atom. The van der Waals surface area contributed by atoms with Crippen LogP contribution in [0.3, 0.4) is 0 Å². The van der Waals surface area contributed by atoms with E-state index in [1.165, 1.54) is 0 Å². The first kappa shape index (κ1) is 15.3. The molecule has 0 heterocycles. The van der Waals surface area contributed by atoms with Gasteiger partial charge in [0.15, 0.2) is 0 Å². The minimum absolute atomic E-state index is 0.00817. The lowest BCUT2D eigenvalue weighted by atomic mass is 10.2. The van der Waals surface area contributed by atoms with Gasteiger partial charge in [-0.05, 0) is 0 Å². The molecule has 0 saturated heterocycles. The van der Waals surface area contributed by atoms with Crippen LogP contribution in [0.5, 0.6) is 0 Å². The fraction of sp³-hybridized carbons (Fsp3) is 0.455. The van der Waals surface area contributed by atoms with Crippen LogP contribution in [0.4, 0.5) is 0 Å². The van der Waals surface area contributed by atoms with Gasteiger partial charge in [-0.25, -0.2) is 4.79 Å². The van der Waals surface area contributed by atoms with Crippen molar-refractivity contribution >= 4 is 11.9 Å². The fourth-order valence-corrected chi connectivity index (χ4v) is 0.837. The zero-order valence-corrected chi connectivity index (χ0v) is 9.52. The molecule has 0 fully saturated rings. The summed E-state index contributed by atoms with van der Waals surface area (Å²) in [6.07, 6.45) is 0.717. The molecule has 0 saturated carbocycles. The highest BCUT2D eigenvalue weighted by Gasteiger charge is 2.13. The fourth-order valence-electron chi connectivity index (χ4n) is 0.837. The minimum atomic E-state index is -0.714. The molecule has 0 aromatic heterocycles. The standard InChI is InChI=1S/C11H16O6/c1-3-16-11(14)9(2)8-10(13)17-7-6-15-5-4-12/h3,12H,1-2,4-8H2. The molecule has 0 spiro atoms. The zero-order chi connectivity index (χ0) is 13.1. The highest BCUT2D eigenvalue weighted by Crippen LogP contribution is 2.03. The molecule has 0 radical (unpaired) electrons. The molecule has 6 nitrogen and oxygen atoms in total. The number of rotatable bonds is 9. The van der Waals surface area contributed by atoms with Crippen molar-refractivity contribution in [3.8, 4) is 0 Å². The molecule has 96 valence electrons. The van der Waals surface area contributed by atoms with Gasteiger partial charge in [-0.2, -0.15) is 0 Å². The quantitative estimate of drug-likeness (QED) is 0.269. The summed E-state index contributed by atoms with van der Waals surface area (Å²) in [5.74, 6) is -1.31. The molecule has 0 atom stereocenters. The van der Waals surface area contributed by atoms with Crippen LogP contribution >= 0.6 is 0 Å². The van der Waals surface area contributed by atoms with Gasteiger partial charge in [0.1, 0.15) is 6.61 Å². The Hall–Kier alpha value is -1.66. The maximum atomic E-state index is 11.2. The Kier molecular flexibility index (Phi) is 8.62. The van der Waals surface area contributed by atoms with Gasteiger partial charge in [-0.1, -0.05) is 13.2 Å². The summed E-state index contributed by atoms with van der Waals surface area (Å²) in [5, 5.41) is 8.40. The average molecular weight is 244 g/mol. The largest absolute Gasteiger partial charge is 0.463 e. The van der Waals surface area contributed by atoms with E-state index in [1.54, 1.807) is 0 Å². The van der Waals surface area contributed by atoms with Gasteiger partial charge in [0, 0.05) is 5.57 Å². The molecule has 6 heteroatoms. The van der Waals surface area contributed by atoms with Crippen molar-refractivity contribution in [1.82, 2.24) is 0 Å². The summed E-state index contributed by atoms with van der Waals surface area (Å²) in [5.41, 5.74) is -0.00817. The van der Waals surface area contributed by atoms with Crippen LogP contribution in [-0.4, -0.2) is 43.5 Å². The Bertz CT molecular complexity index is 284. The highest BCUT2D eigenvalue weighted by atomic mass is 16.6. The van der Waals surface area contributed by atoms with Gasteiger partial charge in [-0.15, -0.1) is 0 Å². The van der Waals surface area contributed by atoms with Gasteiger partial charge in [0.25, 0.3) is 0 Å². The third kappa shape index (κ3) is 8.18. The van der Waals surface area contributed by atoms with Crippen LogP contribution in [0.25, 0.3) is 0 Å². The third-order valence-corrected chi connectivity index (χ3v) is 1.56. The van der Waals surface area contributed by atoms with E-state index < -0.39 is 11.9 Å². The SMILES string of the molecule is C=COC(=O)C(=C)CC(=O)OCCOCCO. The summed E-state index contributed by atoms with van der Waals surface area (Å²) in [4.78, 5) is 22.2. The van der Waals surface area contributed by atoms with Crippen molar-refractivity contribution in [3.63, 3.8) is 0 Å². The molecule has 0 rings (SSSR count). The van der Waals surface area contributed by atoms with E-state index in [4.69, 9.17) is 14.6 Å². The number of aliphatic hydroxyl groups is 1. The number of carbonyl (C=O) groups excluding carboxylic acids is 2. The number of esters is 2. The Balaban J connectivity index is 3.67. The summed E-state index contributed by atoms with van der Waals surface area (Å²) >= 11 is 0. The molecule has 0 bridgehead atoms. The number of hydrogen-bond acceptors (Lipinski definition) is 6. The molecular formula is C11H16O6. The summed E-state index contributed by atoms with van der Waals surface area (Å²) in [6.45, 7) is 6.94. The molecular weight excluding hydrogens is 228 g/mol. The number of ether oxygens (including phenoxy) is 3. The minimum Gasteiger partial charge on any atom is -0.463 e. The second kappa shape index (κ2) is 9.56. The molecule has 0 aliphatic rings. The van der Waals surface area contributed by atoms with E-state index in [0.717, 1.165) is 6.26 Å². The van der Waals surface area contributed by atoms with Gasteiger partial charge in [0.2, 0.25) is 0 Å². The van der Waals surface area contributed by atoms with Crippen molar-refractivity contribution < 1.29 is 28.9 Å². The van der Waals surface area contributed by atoms with Crippen LogP contribution in [-0.2, 0) is 23.8 Å². The zero-order valence-electron chi connectivity index (χ0n) is 9.52. The molecule has 1 N–H and O–H groups in total. The first-order valence-corrected chi connectivity index (χ1v) is 4.95. The van der Waals surface area contributed by atoms with Gasteiger partial charge < -0.3 is 19.3 Å². The first-order valence-electron chi connectivity index (χ1n) is 4.95. The lowest BCUT2D eigenvalue weighted by molar-refractivity contribution is -0.146. The normalized spacial score (nSPS) is 9.47. The van der Waals surface area contributed by atoms with E-state index in [-0.39, 0.29) is 38.4 Å². The van der Waals surface area contributed by atoms with Crippen LogP contribution in [0.2, 0.25) is 0 Å². The smallest absolute Gasteiger partial charge is 0.338 e. The van der Waals surface area contributed by atoms with Crippen molar-refractivity contribution in [1.29, 1.82) is 0 Å². The van der Waals surface area contributed by atoms with Gasteiger partial charge >= 0.3 is 11.9 Å². The summed E-state index contributed by atoms with van der Waals surface area (Å²) < 4.78 is 14.0. The number of carbonyl (C=O) groups is 2. The predicted molar refractivity (Wildman–Crippen MR) is 58.9 cm³/mol. The maximum absolute atomic E-state index is 11.2. The van der Waals surface area contributed by atoms with Crippen molar-refractivity contribution in [2.24, 2.45) is 0 Å². The number of aliphatic hydroxyl groups excluding tert-OH is 1.